The van der Waals surface area contributed by atoms with Crippen LogP contribution >= 0.6 is 0 Å². The number of carboxylic acid groups (broad SMARTS) is 1. The van der Waals surface area contributed by atoms with Gasteiger partial charge in [0.25, 0.3) is 0 Å². The van der Waals surface area contributed by atoms with Crippen molar-refractivity contribution in [1.29, 1.82) is 0 Å². The molecule has 0 saturated heterocycles. The maximum Gasteiger partial charge on any atom is 0.306 e. The molecule has 406 valence electrons. The molecule has 0 aliphatic rings. The third kappa shape index (κ3) is 52.8. The highest BCUT2D eigenvalue weighted by Crippen LogP contribution is 2.17. The molecule has 0 aliphatic heterocycles. The van der Waals surface area contributed by atoms with Gasteiger partial charge in [0.2, 0.25) is 0 Å². The van der Waals surface area contributed by atoms with Gasteiger partial charge in [0.1, 0.15) is 13.2 Å². The van der Waals surface area contributed by atoms with Crippen LogP contribution in [0, 0.1) is 0 Å². The molecule has 0 aromatic carbocycles. The van der Waals surface area contributed by atoms with Gasteiger partial charge in [-0.1, -0.05) is 242 Å². The van der Waals surface area contributed by atoms with Crippen molar-refractivity contribution in [3.8, 4) is 0 Å². The van der Waals surface area contributed by atoms with Gasteiger partial charge in [-0.25, -0.2) is 0 Å². The van der Waals surface area contributed by atoms with E-state index in [0.29, 0.717) is 23.9 Å². The second-order valence-electron chi connectivity index (χ2n) is 20.6. The predicted molar refractivity (Wildman–Crippen MR) is 292 cm³/mol. The summed E-state index contributed by atoms with van der Waals surface area (Å²) in [6.45, 7) is 4.65. The summed E-state index contributed by atoms with van der Waals surface area (Å²) in [5, 5.41) is 11.7. The molecule has 0 rings (SSSR count). The van der Waals surface area contributed by atoms with E-state index in [-0.39, 0.29) is 32.2 Å². The second kappa shape index (κ2) is 52.3. The van der Waals surface area contributed by atoms with Gasteiger partial charge in [0.05, 0.1) is 40.3 Å². The zero-order valence-electron chi connectivity index (χ0n) is 46.1. The maximum atomic E-state index is 12.8. The third-order valence-corrected chi connectivity index (χ3v) is 12.5. The van der Waals surface area contributed by atoms with E-state index in [2.05, 4.69) is 74.6 Å². The molecule has 2 atom stereocenters. The number of carbonyl (C=O) groups excluding carboxylic acids is 3. The number of nitrogens with zero attached hydrogens (tertiary/aromatic N) is 1. The van der Waals surface area contributed by atoms with E-state index in [1.807, 2.05) is 21.1 Å². The summed E-state index contributed by atoms with van der Waals surface area (Å²) >= 11 is 0. The van der Waals surface area contributed by atoms with Crippen molar-refractivity contribution in [1.82, 2.24) is 0 Å². The lowest BCUT2D eigenvalue weighted by molar-refractivity contribution is -0.870. The number of esters is 2. The van der Waals surface area contributed by atoms with Crippen molar-refractivity contribution in [3.63, 3.8) is 0 Å². The van der Waals surface area contributed by atoms with Gasteiger partial charge in [0, 0.05) is 12.8 Å². The lowest BCUT2D eigenvalue weighted by Crippen LogP contribution is -2.44. The van der Waals surface area contributed by atoms with Crippen LogP contribution in [0.2, 0.25) is 0 Å². The monoisotopic (exact) mass is 984 g/mol. The zero-order valence-corrected chi connectivity index (χ0v) is 46.1. The second-order valence-corrected chi connectivity index (χ2v) is 20.6. The topological polar surface area (TPSA) is 111 Å². The first-order chi connectivity index (χ1) is 34.1. The zero-order chi connectivity index (χ0) is 51.3. The first-order valence-corrected chi connectivity index (χ1v) is 28.9. The third-order valence-electron chi connectivity index (χ3n) is 12.5. The molecule has 9 nitrogen and oxygen atoms in total. The Balaban J connectivity index is 4.07. The fourth-order valence-electron chi connectivity index (χ4n) is 8.09. The molecule has 0 N–H and O–H groups in total. The smallest absolute Gasteiger partial charge is 0.306 e. The fraction of sp³-hybridized carbons (Fsp3) is 0.787. The average Bonchev–Trinajstić information content (AvgIpc) is 3.33. The molecule has 0 spiro atoms. The number of ether oxygens (including phenoxy) is 4. The number of unbranched alkanes of at least 4 members (excludes halogenated alkanes) is 28. The van der Waals surface area contributed by atoms with Crippen LogP contribution in [0.3, 0.4) is 0 Å². The van der Waals surface area contributed by atoms with Crippen molar-refractivity contribution in [2.24, 2.45) is 0 Å². The molecule has 0 aliphatic carbocycles. The Bertz CT molecular complexity index is 1330. The Morgan fingerprint density at radius 3 is 1.21 bits per heavy atom. The van der Waals surface area contributed by atoms with Crippen molar-refractivity contribution in [2.75, 3.05) is 47.5 Å². The molecule has 0 saturated carbocycles. The number of quaternary nitrogens is 1. The number of carbonyl (C=O) groups is 3. The van der Waals surface area contributed by atoms with Crippen molar-refractivity contribution in [3.05, 3.63) is 60.8 Å². The van der Waals surface area contributed by atoms with Crippen LogP contribution in [-0.2, 0) is 33.3 Å². The predicted octanol–water partition coefficient (Wildman–Crippen LogP) is 15.5. The van der Waals surface area contributed by atoms with Crippen LogP contribution in [0.25, 0.3) is 0 Å². The number of likely N-dealkylation sites (N-methyl/N-ethyl adjacent to an activating group) is 1. The normalized spacial score (nSPS) is 13.2. The van der Waals surface area contributed by atoms with Crippen molar-refractivity contribution < 1.29 is 42.9 Å². The van der Waals surface area contributed by atoms with Crippen LogP contribution in [0.4, 0.5) is 0 Å². The van der Waals surface area contributed by atoms with Gasteiger partial charge < -0.3 is 33.3 Å². The van der Waals surface area contributed by atoms with Crippen LogP contribution < -0.4 is 5.11 Å². The van der Waals surface area contributed by atoms with Gasteiger partial charge in [-0.3, -0.25) is 9.59 Å². The Morgan fingerprint density at radius 2 is 0.814 bits per heavy atom. The van der Waals surface area contributed by atoms with E-state index in [1.54, 1.807) is 0 Å². The maximum absolute atomic E-state index is 12.8. The van der Waals surface area contributed by atoms with E-state index >= 15 is 0 Å². The molecule has 0 radical (unpaired) electrons. The molecule has 0 heterocycles. The summed E-state index contributed by atoms with van der Waals surface area (Å²) in [5.74, 6) is -2.27. The Labute approximate surface area is 431 Å². The van der Waals surface area contributed by atoms with Crippen LogP contribution in [0.5, 0.6) is 0 Å². The number of aliphatic carboxylic acids is 1. The van der Waals surface area contributed by atoms with E-state index in [1.165, 1.54) is 154 Å². The van der Waals surface area contributed by atoms with Gasteiger partial charge >= 0.3 is 11.9 Å². The van der Waals surface area contributed by atoms with E-state index < -0.39 is 24.3 Å². The standard InChI is InChI=1S/C61H109NO8/c1-6-8-10-12-14-16-18-20-21-22-23-24-25-26-27-28-29-30-31-32-33-34-35-36-37-38-39-40-42-44-46-48-50-52-59(64)70-57(56-69-61(60(65)66)67-54-53-62(3,4)5)55-68-58(63)51-49-47-45-43-41-19-17-15-13-11-9-7-2/h8,10,14,16,20-21,23-24,26-27,57,61H,6-7,9,11-13,15,17-19,22,25,28-56H2,1-5H3/b10-8-,16-14-,21-20-,24-23-,27-26-. The SMILES string of the molecule is CC/C=C\C/C=C\C/C=C\C/C=C\C/C=C\CCCCCCCCCCCCCCCCCCCC(=O)OC(COC(=O)CCCCCCCCCCCCCC)COC(OCC[N+](C)(C)C)C(=O)[O-]. The number of rotatable bonds is 53. The molecule has 0 aromatic heterocycles. The van der Waals surface area contributed by atoms with E-state index in [9.17, 15) is 19.5 Å². The highest BCUT2D eigenvalue weighted by atomic mass is 16.7. The summed E-state index contributed by atoms with van der Waals surface area (Å²) in [6, 6.07) is 0. The summed E-state index contributed by atoms with van der Waals surface area (Å²) in [7, 11) is 5.92. The van der Waals surface area contributed by atoms with Crippen molar-refractivity contribution >= 4 is 17.9 Å². The number of hydrogen-bond acceptors (Lipinski definition) is 8. The first kappa shape index (κ1) is 67.0. The Morgan fingerprint density at radius 1 is 0.443 bits per heavy atom. The highest BCUT2D eigenvalue weighted by molar-refractivity contribution is 5.70. The molecule has 0 bridgehead atoms. The number of carboxylic acids is 1. The lowest BCUT2D eigenvalue weighted by Gasteiger charge is -2.26. The summed E-state index contributed by atoms with van der Waals surface area (Å²) in [6.07, 6.45) is 62.8. The quantitative estimate of drug-likeness (QED) is 0.0195. The van der Waals surface area contributed by atoms with Crippen LogP contribution in [-0.4, -0.2) is 82.3 Å². The van der Waals surface area contributed by atoms with Gasteiger partial charge in [-0.15, -0.1) is 0 Å². The van der Waals surface area contributed by atoms with Gasteiger partial charge in [0.15, 0.2) is 12.4 Å². The molecule has 0 amide bonds. The van der Waals surface area contributed by atoms with E-state index in [0.717, 1.165) is 64.2 Å². The molecule has 70 heavy (non-hydrogen) atoms. The van der Waals surface area contributed by atoms with E-state index in [4.69, 9.17) is 18.9 Å². The largest absolute Gasteiger partial charge is 0.545 e. The molecule has 9 heteroatoms. The average molecular weight is 985 g/mol. The van der Waals surface area contributed by atoms with Gasteiger partial charge in [-0.2, -0.15) is 0 Å². The molecular weight excluding hydrogens is 875 g/mol. The Hall–Kier alpha value is -3.01. The summed E-state index contributed by atoms with van der Waals surface area (Å²) in [5.41, 5.74) is 0. The highest BCUT2D eigenvalue weighted by Gasteiger charge is 2.22. The fourth-order valence-corrected chi connectivity index (χ4v) is 8.09. The van der Waals surface area contributed by atoms with Gasteiger partial charge in [-0.05, 0) is 57.8 Å². The molecular formula is C61H109NO8. The first-order valence-electron chi connectivity index (χ1n) is 28.9. The minimum absolute atomic E-state index is 0.149. The number of hydrogen-bond donors (Lipinski definition) is 0. The summed E-state index contributed by atoms with van der Waals surface area (Å²) in [4.78, 5) is 37.2. The number of allylic oxidation sites excluding steroid dienone is 10. The lowest BCUT2D eigenvalue weighted by atomic mass is 10.0. The molecule has 2 unspecified atom stereocenters. The molecule has 0 aromatic rings. The van der Waals surface area contributed by atoms with Crippen LogP contribution in [0.1, 0.15) is 251 Å². The minimum Gasteiger partial charge on any atom is -0.545 e. The summed E-state index contributed by atoms with van der Waals surface area (Å²) < 4.78 is 22.7. The van der Waals surface area contributed by atoms with Crippen LogP contribution in [0.15, 0.2) is 60.8 Å². The molecule has 0 fully saturated rings. The van der Waals surface area contributed by atoms with Crippen molar-refractivity contribution in [2.45, 2.75) is 264 Å². The minimum atomic E-state index is -1.62. The Kier molecular flexibility index (Phi) is 50.1.